The number of anilines is 1. The molecular formula is C12H14N2O. The summed E-state index contributed by atoms with van der Waals surface area (Å²) in [5, 5.41) is 2.83. The molecule has 0 saturated heterocycles. The third kappa shape index (κ3) is 1.26. The summed E-state index contributed by atoms with van der Waals surface area (Å²) >= 11 is 0. The number of carbonyl (C=O) groups excluding carboxylic acids is 1. The van der Waals surface area contributed by atoms with Crippen LogP contribution >= 0.6 is 0 Å². The fraction of sp³-hybridized carbons (Fsp3) is 0.500. The molecule has 0 spiro atoms. The number of nitrogens with one attached hydrogen (secondary N) is 1. The summed E-state index contributed by atoms with van der Waals surface area (Å²) in [6, 6.07) is 2.09. The molecule has 3 heteroatoms. The Balaban J connectivity index is 1.94. The Morgan fingerprint density at radius 3 is 2.80 bits per heavy atom. The molecule has 0 radical (unpaired) electrons. The van der Waals surface area contributed by atoms with E-state index in [9.17, 15) is 4.79 Å². The Morgan fingerprint density at radius 1 is 1.60 bits per heavy atom. The maximum Gasteiger partial charge on any atom is 0.221 e. The highest BCUT2D eigenvalue weighted by atomic mass is 16.1. The lowest BCUT2D eigenvalue weighted by molar-refractivity contribution is -0.114. The second kappa shape index (κ2) is 2.60. The molecule has 2 fully saturated rings. The topological polar surface area (TPSA) is 42.0 Å². The van der Waals surface area contributed by atoms with E-state index in [1.54, 1.807) is 0 Å². The van der Waals surface area contributed by atoms with Crippen molar-refractivity contribution in [2.45, 2.75) is 32.1 Å². The first kappa shape index (κ1) is 8.89. The predicted octanol–water partition coefficient (Wildman–Crippen LogP) is 2.01. The largest absolute Gasteiger partial charge is 0.325 e. The Hall–Kier alpha value is -1.38. The van der Waals surface area contributed by atoms with Crippen LogP contribution in [0.5, 0.6) is 0 Å². The second-order valence-corrected chi connectivity index (χ2v) is 4.80. The standard InChI is InChI=1S/C12H14N2O/c1-7-11(14-8(2)15)3-9(6-13-7)12-4-10(12)5-12/h3,6,10H,4-5H2,1-2H3,(H,14,15). The third-order valence-electron chi connectivity index (χ3n) is 3.66. The van der Waals surface area contributed by atoms with Crippen molar-refractivity contribution >= 4 is 11.6 Å². The van der Waals surface area contributed by atoms with Gasteiger partial charge in [0.15, 0.2) is 0 Å². The van der Waals surface area contributed by atoms with E-state index in [0.717, 1.165) is 17.3 Å². The van der Waals surface area contributed by atoms with Crippen LogP contribution in [0.25, 0.3) is 0 Å². The summed E-state index contributed by atoms with van der Waals surface area (Å²) in [6.45, 7) is 3.45. The van der Waals surface area contributed by atoms with Gasteiger partial charge in [-0.2, -0.15) is 0 Å². The molecule has 1 N–H and O–H groups in total. The molecule has 15 heavy (non-hydrogen) atoms. The van der Waals surface area contributed by atoms with E-state index in [4.69, 9.17) is 0 Å². The lowest BCUT2D eigenvalue weighted by Gasteiger charge is -2.09. The normalized spacial score (nSPS) is 30.7. The van der Waals surface area contributed by atoms with Crippen molar-refractivity contribution in [3.63, 3.8) is 0 Å². The fourth-order valence-corrected chi connectivity index (χ4v) is 2.29. The van der Waals surface area contributed by atoms with E-state index in [0.29, 0.717) is 5.41 Å². The smallest absolute Gasteiger partial charge is 0.221 e. The van der Waals surface area contributed by atoms with Crippen LogP contribution in [0.3, 0.4) is 0 Å². The molecular weight excluding hydrogens is 188 g/mol. The minimum atomic E-state index is -0.0299. The van der Waals surface area contributed by atoms with Crippen molar-refractivity contribution in [3.8, 4) is 0 Å². The molecule has 3 rings (SSSR count). The van der Waals surface area contributed by atoms with Gasteiger partial charge in [-0.05, 0) is 37.3 Å². The molecule has 2 saturated carbocycles. The highest BCUT2D eigenvalue weighted by Gasteiger charge is 2.70. The number of carbonyl (C=O) groups is 1. The summed E-state index contributed by atoms with van der Waals surface area (Å²) in [5.74, 6) is 0.880. The monoisotopic (exact) mass is 202 g/mol. The highest BCUT2D eigenvalue weighted by molar-refractivity contribution is 5.89. The Morgan fingerprint density at radius 2 is 2.27 bits per heavy atom. The Labute approximate surface area is 88.9 Å². The molecule has 1 aromatic rings. The van der Waals surface area contributed by atoms with Crippen LogP contribution in [0.2, 0.25) is 0 Å². The summed E-state index contributed by atoms with van der Waals surface area (Å²) in [5.41, 5.74) is 3.53. The zero-order valence-electron chi connectivity index (χ0n) is 9.00. The zero-order chi connectivity index (χ0) is 10.6. The van der Waals surface area contributed by atoms with Crippen molar-refractivity contribution in [3.05, 3.63) is 23.5 Å². The van der Waals surface area contributed by atoms with Crippen LogP contribution in [0.1, 0.15) is 31.0 Å². The SMILES string of the molecule is CC(=O)Nc1cc(C23CC2C3)cnc1C. The van der Waals surface area contributed by atoms with Crippen LogP contribution in [0, 0.1) is 12.8 Å². The number of fused-ring (bicyclic) bond motifs is 1. The number of aryl methyl sites for hydroxylation is 1. The maximum atomic E-state index is 11.0. The molecule has 1 amide bonds. The van der Waals surface area contributed by atoms with E-state index in [-0.39, 0.29) is 5.91 Å². The first-order chi connectivity index (χ1) is 7.12. The van der Waals surface area contributed by atoms with Gasteiger partial charge in [0.25, 0.3) is 0 Å². The number of amides is 1. The van der Waals surface area contributed by atoms with Crippen molar-refractivity contribution < 1.29 is 4.79 Å². The Kier molecular flexibility index (Phi) is 1.54. The van der Waals surface area contributed by atoms with Gasteiger partial charge < -0.3 is 5.32 Å². The molecule has 1 heterocycles. The first-order valence-corrected chi connectivity index (χ1v) is 5.36. The summed E-state index contributed by atoms with van der Waals surface area (Å²) < 4.78 is 0. The fourth-order valence-electron chi connectivity index (χ4n) is 2.29. The van der Waals surface area contributed by atoms with Crippen LogP contribution < -0.4 is 5.32 Å². The number of hydrogen-bond donors (Lipinski definition) is 1. The summed E-state index contributed by atoms with van der Waals surface area (Å²) in [4.78, 5) is 15.4. The quantitative estimate of drug-likeness (QED) is 0.797. The van der Waals surface area contributed by atoms with Crippen molar-refractivity contribution in [2.24, 2.45) is 5.92 Å². The minimum absolute atomic E-state index is 0.0299. The van der Waals surface area contributed by atoms with Gasteiger partial charge in [-0.3, -0.25) is 9.78 Å². The number of rotatable bonds is 2. The number of nitrogens with zero attached hydrogens (tertiary/aromatic N) is 1. The molecule has 2 aliphatic rings. The van der Waals surface area contributed by atoms with Gasteiger partial charge in [0.1, 0.15) is 0 Å². The number of pyridine rings is 1. The molecule has 0 aliphatic heterocycles. The molecule has 0 aromatic carbocycles. The van der Waals surface area contributed by atoms with Crippen molar-refractivity contribution in [2.75, 3.05) is 5.32 Å². The zero-order valence-corrected chi connectivity index (χ0v) is 9.00. The van der Waals surface area contributed by atoms with Gasteiger partial charge in [0.05, 0.1) is 11.4 Å². The lowest BCUT2D eigenvalue weighted by Crippen LogP contribution is -2.09. The maximum absolute atomic E-state index is 11.0. The molecule has 1 aromatic heterocycles. The first-order valence-electron chi connectivity index (χ1n) is 5.36. The average Bonchev–Trinajstić information content (AvgIpc) is 2.95. The van der Waals surface area contributed by atoms with E-state index in [1.165, 1.54) is 25.3 Å². The predicted molar refractivity (Wildman–Crippen MR) is 57.7 cm³/mol. The van der Waals surface area contributed by atoms with Gasteiger partial charge in [-0.1, -0.05) is 0 Å². The average molecular weight is 202 g/mol. The van der Waals surface area contributed by atoms with Crippen LogP contribution in [-0.4, -0.2) is 10.9 Å². The van der Waals surface area contributed by atoms with E-state index in [2.05, 4.69) is 16.4 Å². The van der Waals surface area contributed by atoms with Gasteiger partial charge in [-0.25, -0.2) is 0 Å². The Bertz CT molecular complexity index is 447. The van der Waals surface area contributed by atoms with E-state index < -0.39 is 0 Å². The summed E-state index contributed by atoms with van der Waals surface area (Å²) in [6.07, 6.45) is 4.60. The second-order valence-electron chi connectivity index (χ2n) is 4.80. The molecule has 2 aliphatic carbocycles. The van der Waals surface area contributed by atoms with Crippen LogP contribution in [-0.2, 0) is 10.2 Å². The van der Waals surface area contributed by atoms with Gasteiger partial charge in [0, 0.05) is 18.5 Å². The van der Waals surface area contributed by atoms with Gasteiger partial charge >= 0.3 is 0 Å². The van der Waals surface area contributed by atoms with Gasteiger partial charge in [-0.15, -0.1) is 0 Å². The summed E-state index contributed by atoms with van der Waals surface area (Å²) in [7, 11) is 0. The van der Waals surface area contributed by atoms with E-state index >= 15 is 0 Å². The lowest BCUT2D eigenvalue weighted by atomic mass is 10.0. The molecule has 78 valence electrons. The van der Waals surface area contributed by atoms with Gasteiger partial charge in [0.2, 0.25) is 5.91 Å². The van der Waals surface area contributed by atoms with Crippen LogP contribution in [0.4, 0.5) is 5.69 Å². The molecule has 0 bridgehead atoms. The molecule has 0 unspecified atom stereocenters. The van der Waals surface area contributed by atoms with Crippen molar-refractivity contribution in [1.29, 1.82) is 0 Å². The van der Waals surface area contributed by atoms with Crippen LogP contribution in [0.15, 0.2) is 12.3 Å². The van der Waals surface area contributed by atoms with Crippen molar-refractivity contribution in [1.82, 2.24) is 4.98 Å². The number of hydrogen-bond acceptors (Lipinski definition) is 2. The molecule has 0 atom stereocenters. The highest BCUT2D eigenvalue weighted by Crippen LogP contribution is 2.75. The van der Waals surface area contributed by atoms with E-state index in [1.807, 2.05) is 13.1 Å². The minimum Gasteiger partial charge on any atom is -0.325 e. The third-order valence-corrected chi connectivity index (χ3v) is 3.66. The number of aromatic nitrogens is 1. The molecule has 3 nitrogen and oxygen atoms in total.